The first-order chi connectivity index (χ1) is 21.1. The normalized spacial score (nSPS) is 14.1. The second kappa shape index (κ2) is 33.7. The van der Waals surface area contributed by atoms with Gasteiger partial charge in [-0.1, -0.05) is 167 Å². The van der Waals surface area contributed by atoms with E-state index in [1.165, 1.54) is 116 Å². The molecule has 0 radical (unpaired) electrons. The highest BCUT2D eigenvalue weighted by molar-refractivity contribution is 5.80. The highest BCUT2D eigenvalue weighted by atomic mass is 16.3. The van der Waals surface area contributed by atoms with E-state index in [1.54, 1.807) is 0 Å². The molecule has 43 heavy (non-hydrogen) atoms. The van der Waals surface area contributed by atoms with E-state index in [2.05, 4.69) is 43.5 Å². The Bertz CT molecular complexity index is 635. The van der Waals surface area contributed by atoms with Crippen LogP contribution in [0.5, 0.6) is 0 Å². The number of allylic oxidation sites excluding steroid dienone is 4. The minimum Gasteiger partial charge on any atom is -0.394 e. The van der Waals surface area contributed by atoms with Gasteiger partial charge in [-0.2, -0.15) is 0 Å². The first kappa shape index (κ1) is 41.8. The zero-order chi connectivity index (χ0) is 31.6. The lowest BCUT2D eigenvalue weighted by molar-refractivity contribution is -0.131. The van der Waals surface area contributed by atoms with E-state index in [9.17, 15) is 20.1 Å². The van der Waals surface area contributed by atoms with Crippen molar-refractivity contribution in [3.05, 3.63) is 24.3 Å². The van der Waals surface area contributed by atoms with Crippen LogP contribution in [-0.4, -0.2) is 46.1 Å². The Morgan fingerprint density at radius 1 is 0.558 bits per heavy atom. The monoisotopic (exact) mass is 608 g/mol. The van der Waals surface area contributed by atoms with Crippen molar-refractivity contribution in [3.63, 3.8) is 0 Å². The number of unbranched alkanes of at least 4 members (excludes halogenated alkanes) is 21. The summed E-state index contributed by atoms with van der Waals surface area (Å²) in [5.41, 5.74) is 0. The van der Waals surface area contributed by atoms with E-state index in [4.69, 9.17) is 0 Å². The van der Waals surface area contributed by atoms with Crippen LogP contribution < -0.4 is 5.32 Å². The lowest BCUT2D eigenvalue weighted by Crippen LogP contribution is -2.49. The fourth-order valence-electron chi connectivity index (χ4n) is 5.57. The fourth-order valence-corrected chi connectivity index (χ4v) is 5.57. The van der Waals surface area contributed by atoms with Crippen molar-refractivity contribution in [1.29, 1.82) is 0 Å². The molecule has 254 valence electrons. The maximum absolute atomic E-state index is 12.4. The topological polar surface area (TPSA) is 89.8 Å². The van der Waals surface area contributed by atoms with Crippen molar-refractivity contribution in [2.45, 2.75) is 205 Å². The molecule has 0 aliphatic heterocycles. The van der Waals surface area contributed by atoms with Gasteiger partial charge in [-0.15, -0.1) is 0 Å². The van der Waals surface area contributed by atoms with E-state index < -0.39 is 24.2 Å². The van der Waals surface area contributed by atoms with E-state index in [0.717, 1.165) is 44.9 Å². The first-order valence-corrected chi connectivity index (χ1v) is 18.6. The summed E-state index contributed by atoms with van der Waals surface area (Å²) in [7, 11) is 0. The molecule has 0 rings (SSSR count). The van der Waals surface area contributed by atoms with Crippen LogP contribution in [0.3, 0.4) is 0 Å². The van der Waals surface area contributed by atoms with Crippen LogP contribution in [0.4, 0.5) is 0 Å². The molecule has 0 aliphatic rings. The molecule has 5 nitrogen and oxygen atoms in total. The molecule has 0 heterocycles. The summed E-state index contributed by atoms with van der Waals surface area (Å²) in [6.45, 7) is 4.18. The van der Waals surface area contributed by atoms with Crippen molar-refractivity contribution in [1.82, 2.24) is 5.32 Å². The molecule has 0 aromatic rings. The summed E-state index contributed by atoms with van der Waals surface area (Å²) in [6.07, 6.45) is 38.7. The van der Waals surface area contributed by atoms with Crippen LogP contribution in [-0.2, 0) is 4.79 Å². The Morgan fingerprint density at radius 3 is 1.44 bits per heavy atom. The number of rotatable bonds is 33. The van der Waals surface area contributed by atoms with Crippen LogP contribution in [0.1, 0.15) is 187 Å². The summed E-state index contributed by atoms with van der Waals surface area (Å²) < 4.78 is 0. The minimum absolute atomic E-state index is 0.316. The van der Waals surface area contributed by atoms with Gasteiger partial charge in [-0.3, -0.25) is 4.79 Å². The zero-order valence-electron chi connectivity index (χ0n) is 28.6. The van der Waals surface area contributed by atoms with E-state index >= 15 is 0 Å². The standard InChI is InChI=1S/C38H73NO4/c1-3-5-7-9-11-13-15-17-18-19-21-23-25-27-29-31-33-37(42)38(43)39-35(34-40)36(41)32-30-28-26-24-22-20-16-14-12-10-8-6-4-2/h11,13,17-18,35-37,40-42H,3-10,12,14-16,19-34H2,1-2H3,(H,39,43)/b13-11-,18-17-. The lowest BCUT2D eigenvalue weighted by atomic mass is 10.0. The van der Waals surface area contributed by atoms with Crippen LogP contribution >= 0.6 is 0 Å². The maximum atomic E-state index is 12.4. The SMILES string of the molecule is CCCCC/C=C\C/C=C\CCCCCCCCC(O)C(=O)NC(CO)C(O)CCCCCCCCCCCCCCC. The van der Waals surface area contributed by atoms with Crippen LogP contribution in [0.25, 0.3) is 0 Å². The number of aliphatic hydroxyl groups is 3. The maximum Gasteiger partial charge on any atom is 0.249 e. The van der Waals surface area contributed by atoms with Crippen molar-refractivity contribution < 1.29 is 20.1 Å². The average molecular weight is 608 g/mol. The van der Waals surface area contributed by atoms with Crippen molar-refractivity contribution in [2.75, 3.05) is 6.61 Å². The average Bonchev–Trinajstić information content (AvgIpc) is 3.01. The number of carbonyl (C=O) groups is 1. The van der Waals surface area contributed by atoms with Crippen LogP contribution in [0.2, 0.25) is 0 Å². The van der Waals surface area contributed by atoms with Crippen LogP contribution in [0.15, 0.2) is 24.3 Å². The molecule has 3 atom stereocenters. The molecule has 0 spiro atoms. The first-order valence-electron chi connectivity index (χ1n) is 18.6. The molecule has 3 unspecified atom stereocenters. The van der Waals surface area contributed by atoms with Gasteiger partial charge in [0.05, 0.1) is 18.8 Å². The van der Waals surface area contributed by atoms with Gasteiger partial charge in [-0.25, -0.2) is 0 Å². The molecular weight excluding hydrogens is 534 g/mol. The van der Waals surface area contributed by atoms with Crippen LogP contribution in [0, 0.1) is 0 Å². The van der Waals surface area contributed by atoms with Gasteiger partial charge in [0.25, 0.3) is 0 Å². The molecule has 0 bridgehead atoms. The van der Waals surface area contributed by atoms with Crippen molar-refractivity contribution in [3.8, 4) is 0 Å². The van der Waals surface area contributed by atoms with Crippen molar-refractivity contribution in [2.24, 2.45) is 0 Å². The van der Waals surface area contributed by atoms with Crippen molar-refractivity contribution >= 4 is 5.91 Å². The molecule has 0 saturated heterocycles. The van der Waals surface area contributed by atoms with E-state index in [-0.39, 0.29) is 6.61 Å². The zero-order valence-corrected chi connectivity index (χ0v) is 28.6. The number of amides is 1. The second-order valence-electron chi connectivity index (χ2n) is 12.8. The molecule has 0 aliphatic carbocycles. The molecule has 1 amide bonds. The smallest absolute Gasteiger partial charge is 0.249 e. The third-order valence-electron chi connectivity index (χ3n) is 8.57. The quantitative estimate of drug-likeness (QED) is 0.0441. The number of hydrogen-bond donors (Lipinski definition) is 4. The molecule has 0 fully saturated rings. The van der Waals surface area contributed by atoms with E-state index in [1.807, 2.05) is 0 Å². The van der Waals surface area contributed by atoms with Gasteiger partial charge in [-0.05, 0) is 44.9 Å². The Labute approximate surface area is 267 Å². The molecule has 5 heteroatoms. The highest BCUT2D eigenvalue weighted by Crippen LogP contribution is 2.15. The van der Waals surface area contributed by atoms with E-state index in [0.29, 0.717) is 12.8 Å². The summed E-state index contributed by atoms with van der Waals surface area (Å²) in [6, 6.07) is -0.713. The largest absolute Gasteiger partial charge is 0.394 e. The predicted octanol–water partition coefficient (Wildman–Crippen LogP) is 9.87. The molecule has 0 aromatic heterocycles. The molecule has 4 N–H and O–H groups in total. The fraction of sp³-hybridized carbons (Fsp3) is 0.868. The second-order valence-corrected chi connectivity index (χ2v) is 12.8. The Morgan fingerprint density at radius 2 is 0.953 bits per heavy atom. The number of nitrogens with one attached hydrogen (secondary N) is 1. The van der Waals surface area contributed by atoms with Gasteiger partial charge >= 0.3 is 0 Å². The highest BCUT2D eigenvalue weighted by Gasteiger charge is 2.23. The minimum atomic E-state index is -1.08. The molecule has 0 aromatic carbocycles. The summed E-state index contributed by atoms with van der Waals surface area (Å²) in [5, 5.41) is 33.1. The van der Waals surface area contributed by atoms with Gasteiger partial charge < -0.3 is 20.6 Å². The summed E-state index contributed by atoms with van der Waals surface area (Å²) >= 11 is 0. The Kier molecular flexibility index (Phi) is 32.8. The van der Waals surface area contributed by atoms with Gasteiger partial charge in [0.15, 0.2) is 0 Å². The molecule has 0 saturated carbocycles. The third kappa shape index (κ3) is 29.3. The number of aliphatic hydroxyl groups excluding tert-OH is 3. The lowest BCUT2D eigenvalue weighted by Gasteiger charge is -2.23. The van der Waals surface area contributed by atoms with Gasteiger partial charge in [0, 0.05) is 0 Å². The summed E-state index contributed by atoms with van der Waals surface area (Å²) in [5.74, 6) is -0.481. The van der Waals surface area contributed by atoms with Gasteiger partial charge in [0.1, 0.15) is 6.10 Å². The number of hydrogen-bond acceptors (Lipinski definition) is 4. The summed E-state index contributed by atoms with van der Waals surface area (Å²) in [4.78, 5) is 12.4. The predicted molar refractivity (Wildman–Crippen MR) is 185 cm³/mol. The Balaban J connectivity index is 3.71. The number of carbonyl (C=O) groups excluding carboxylic acids is 1. The Hall–Kier alpha value is -1.17. The molecular formula is C38H73NO4. The van der Waals surface area contributed by atoms with Gasteiger partial charge in [0.2, 0.25) is 5.91 Å². The third-order valence-corrected chi connectivity index (χ3v) is 8.57.